The molecule has 39 heavy (non-hydrogen) atoms. The van der Waals surface area contributed by atoms with Gasteiger partial charge < -0.3 is 23.5 Å². The zero-order chi connectivity index (χ0) is 28.1. The van der Waals surface area contributed by atoms with E-state index >= 15 is 0 Å². The molecule has 0 aliphatic carbocycles. The SMILES string of the molecule is CCOC(=O)n1ccc2cc(S(=O)(=O)c3cc(OC)c4oc5c(c4c3)CN(C(=O)OC(C)(C)C)CC5)ccc21. The van der Waals surface area contributed by atoms with Gasteiger partial charge in [0.1, 0.15) is 11.4 Å². The van der Waals surface area contributed by atoms with Crippen LogP contribution in [0.4, 0.5) is 9.59 Å². The fourth-order valence-electron chi connectivity index (χ4n) is 4.69. The summed E-state index contributed by atoms with van der Waals surface area (Å²) in [5.41, 5.74) is 1.04. The van der Waals surface area contributed by atoms with Crippen LogP contribution >= 0.6 is 0 Å². The third-order valence-electron chi connectivity index (χ3n) is 6.49. The first-order chi connectivity index (χ1) is 18.4. The minimum atomic E-state index is -3.99. The van der Waals surface area contributed by atoms with E-state index in [-0.39, 0.29) is 28.7 Å². The number of ether oxygens (including phenoxy) is 3. The number of nitrogens with zero attached hydrogens (tertiary/aromatic N) is 2. The molecular weight excluding hydrogens is 524 g/mol. The summed E-state index contributed by atoms with van der Waals surface area (Å²) in [5.74, 6) is 0.957. The zero-order valence-corrected chi connectivity index (χ0v) is 23.3. The normalized spacial score (nSPS) is 13.9. The number of carbonyl (C=O) groups excluding carboxylic acids is 2. The lowest BCUT2D eigenvalue weighted by atomic mass is 10.0. The van der Waals surface area contributed by atoms with Crippen LogP contribution in [0.5, 0.6) is 5.75 Å². The van der Waals surface area contributed by atoms with Gasteiger partial charge in [0.15, 0.2) is 11.3 Å². The summed E-state index contributed by atoms with van der Waals surface area (Å²) in [7, 11) is -2.54. The Balaban J connectivity index is 1.55. The largest absolute Gasteiger partial charge is 0.493 e. The Kier molecular flexibility index (Phi) is 6.58. The number of amides is 1. The topological polar surface area (TPSA) is 117 Å². The first kappa shape index (κ1) is 26.6. The molecule has 0 spiro atoms. The molecule has 0 N–H and O–H groups in total. The van der Waals surface area contributed by atoms with Crippen molar-refractivity contribution in [1.82, 2.24) is 9.47 Å². The molecule has 1 aliphatic heterocycles. The smallest absolute Gasteiger partial charge is 0.418 e. The van der Waals surface area contributed by atoms with Gasteiger partial charge in [-0.3, -0.25) is 4.57 Å². The minimum Gasteiger partial charge on any atom is -0.493 e. The summed E-state index contributed by atoms with van der Waals surface area (Å²) in [6, 6.07) is 9.21. The molecule has 11 heteroatoms. The molecule has 0 atom stereocenters. The average Bonchev–Trinajstić information content (AvgIpc) is 3.48. The van der Waals surface area contributed by atoms with Crippen LogP contribution in [0.3, 0.4) is 0 Å². The third-order valence-corrected chi connectivity index (χ3v) is 8.22. The van der Waals surface area contributed by atoms with E-state index in [4.69, 9.17) is 18.6 Å². The molecular formula is C28H30N2O8S. The molecule has 4 aromatic rings. The zero-order valence-electron chi connectivity index (χ0n) is 22.4. The molecule has 10 nitrogen and oxygen atoms in total. The molecule has 206 valence electrons. The first-order valence-electron chi connectivity index (χ1n) is 12.6. The van der Waals surface area contributed by atoms with Crippen molar-refractivity contribution in [2.45, 2.75) is 56.1 Å². The predicted octanol–water partition coefficient (Wildman–Crippen LogP) is 5.53. The number of hydrogen-bond donors (Lipinski definition) is 0. The molecule has 0 radical (unpaired) electrons. The fraction of sp³-hybridized carbons (Fsp3) is 0.357. The molecule has 5 rings (SSSR count). The molecule has 2 aromatic carbocycles. The summed E-state index contributed by atoms with van der Waals surface area (Å²) in [6.45, 7) is 7.99. The average molecular weight is 555 g/mol. The number of fused-ring (bicyclic) bond motifs is 4. The van der Waals surface area contributed by atoms with Gasteiger partial charge >= 0.3 is 12.2 Å². The highest BCUT2D eigenvalue weighted by atomic mass is 32.2. The highest BCUT2D eigenvalue weighted by Gasteiger charge is 2.31. The van der Waals surface area contributed by atoms with Crippen molar-refractivity contribution in [2.24, 2.45) is 0 Å². The van der Waals surface area contributed by atoms with E-state index in [0.717, 1.165) is 5.56 Å². The Bertz CT molecular complexity index is 1710. The minimum absolute atomic E-state index is 0.0222. The summed E-state index contributed by atoms with van der Waals surface area (Å²) < 4.78 is 51.1. The lowest BCUT2D eigenvalue weighted by Crippen LogP contribution is -2.39. The maximum Gasteiger partial charge on any atom is 0.418 e. The van der Waals surface area contributed by atoms with E-state index in [1.807, 2.05) is 0 Å². The second kappa shape index (κ2) is 9.64. The van der Waals surface area contributed by atoms with Gasteiger partial charge in [0, 0.05) is 41.6 Å². The van der Waals surface area contributed by atoms with Gasteiger partial charge in [-0.05, 0) is 58.0 Å². The van der Waals surface area contributed by atoms with Crippen molar-refractivity contribution in [3.05, 3.63) is 53.9 Å². The van der Waals surface area contributed by atoms with Crippen molar-refractivity contribution in [3.63, 3.8) is 0 Å². The number of furan rings is 1. The van der Waals surface area contributed by atoms with E-state index < -0.39 is 27.6 Å². The lowest BCUT2D eigenvalue weighted by Gasteiger charge is -2.29. The van der Waals surface area contributed by atoms with Gasteiger partial charge in [-0.1, -0.05) is 0 Å². The van der Waals surface area contributed by atoms with Crippen LogP contribution < -0.4 is 4.74 Å². The van der Waals surface area contributed by atoms with Gasteiger partial charge in [-0.15, -0.1) is 0 Å². The quantitative estimate of drug-likeness (QED) is 0.323. The van der Waals surface area contributed by atoms with Crippen molar-refractivity contribution in [1.29, 1.82) is 0 Å². The van der Waals surface area contributed by atoms with E-state index in [0.29, 0.717) is 40.6 Å². The van der Waals surface area contributed by atoms with E-state index in [1.165, 1.54) is 29.9 Å². The second-order valence-corrected chi connectivity index (χ2v) is 12.2. The number of sulfone groups is 1. The molecule has 2 aromatic heterocycles. The molecule has 1 amide bonds. The van der Waals surface area contributed by atoms with Crippen LogP contribution in [-0.2, 0) is 32.3 Å². The van der Waals surface area contributed by atoms with E-state index in [1.54, 1.807) is 57.0 Å². The Morgan fingerprint density at radius 2 is 1.82 bits per heavy atom. The maximum atomic E-state index is 13.8. The Hall–Kier alpha value is -3.99. The Labute approximate surface area is 225 Å². The number of hydrogen-bond acceptors (Lipinski definition) is 8. The van der Waals surface area contributed by atoms with Crippen LogP contribution in [-0.4, -0.2) is 55.9 Å². The lowest BCUT2D eigenvalue weighted by molar-refractivity contribution is 0.0220. The molecule has 0 unspecified atom stereocenters. The summed E-state index contributed by atoms with van der Waals surface area (Å²) >= 11 is 0. The number of rotatable bonds is 4. The fourth-order valence-corrected chi connectivity index (χ4v) is 6.02. The Morgan fingerprint density at radius 3 is 2.51 bits per heavy atom. The maximum absolute atomic E-state index is 13.8. The number of methoxy groups -OCH3 is 1. The van der Waals surface area contributed by atoms with Crippen LogP contribution in [0.25, 0.3) is 21.9 Å². The predicted molar refractivity (Wildman–Crippen MR) is 143 cm³/mol. The van der Waals surface area contributed by atoms with Crippen LogP contribution in [0.15, 0.2) is 56.8 Å². The van der Waals surface area contributed by atoms with Crippen LogP contribution in [0, 0.1) is 0 Å². The van der Waals surface area contributed by atoms with Gasteiger partial charge in [0.2, 0.25) is 9.84 Å². The van der Waals surface area contributed by atoms with E-state index in [9.17, 15) is 18.0 Å². The van der Waals surface area contributed by atoms with Crippen molar-refractivity contribution in [3.8, 4) is 5.75 Å². The summed E-state index contributed by atoms with van der Waals surface area (Å²) in [4.78, 5) is 26.6. The molecule has 0 bridgehead atoms. The molecule has 1 aliphatic rings. The molecule has 0 saturated heterocycles. The van der Waals surface area contributed by atoms with Gasteiger partial charge in [0.25, 0.3) is 0 Å². The van der Waals surface area contributed by atoms with Crippen LogP contribution in [0.2, 0.25) is 0 Å². The molecule has 0 fully saturated rings. The van der Waals surface area contributed by atoms with Gasteiger partial charge in [-0.2, -0.15) is 0 Å². The third kappa shape index (κ3) is 4.82. The van der Waals surface area contributed by atoms with Crippen molar-refractivity contribution in [2.75, 3.05) is 20.3 Å². The first-order valence-corrected chi connectivity index (χ1v) is 14.0. The van der Waals surface area contributed by atoms with Gasteiger partial charge in [0.05, 0.1) is 35.6 Å². The van der Waals surface area contributed by atoms with Crippen molar-refractivity contribution >= 4 is 43.9 Å². The number of aromatic nitrogens is 1. The molecule has 0 saturated carbocycles. The number of benzene rings is 2. The van der Waals surface area contributed by atoms with Crippen LogP contribution in [0.1, 0.15) is 39.0 Å². The van der Waals surface area contributed by atoms with Gasteiger partial charge in [-0.25, -0.2) is 18.0 Å². The summed E-state index contributed by atoms with van der Waals surface area (Å²) in [6.07, 6.45) is 1.02. The van der Waals surface area contributed by atoms with E-state index in [2.05, 4.69) is 0 Å². The second-order valence-electron chi connectivity index (χ2n) is 10.3. The highest BCUT2D eigenvalue weighted by molar-refractivity contribution is 7.91. The highest BCUT2D eigenvalue weighted by Crippen LogP contribution is 2.39. The number of carbonyl (C=O) groups is 2. The summed E-state index contributed by atoms with van der Waals surface area (Å²) in [5, 5.41) is 1.14. The standard InChI is InChI=1S/C28H30N2O8S/c1-6-36-27(32)30-12-9-17-13-18(7-8-22(17)30)39(33,34)19-14-20-21-16-29(26(31)38-28(2,3)4)11-10-23(21)37-25(20)24(15-19)35-5/h7-9,12-15H,6,10-11,16H2,1-5H3. The molecule has 3 heterocycles. The Morgan fingerprint density at radius 1 is 1.05 bits per heavy atom. The monoisotopic (exact) mass is 554 g/mol. The van der Waals surface area contributed by atoms with Crippen molar-refractivity contribution < 1.29 is 36.6 Å².